The quantitative estimate of drug-likeness (QED) is 0.757. The van der Waals surface area contributed by atoms with E-state index in [2.05, 4.69) is 4.98 Å². The average molecular weight is 228 g/mol. The molecule has 0 amide bonds. The SMILES string of the molecule is Cc1ccc(C)c(C(=O)C(C)n2ccnc2)c1. The summed E-state index contributed by atoms with van der Waals surface area (Å²) < 4.78 is 1.82. The first kappa shape index (κ1) is 11.6. The molecular weight excluding hydrogens is 212 g/mol. The second-order valence-electron chi connectivity index (χ2n) is 4.37. The number of aromatic nitrogens is 2. The molecule has 0 saturated carbocycles. The molecule has 0 aliphatic heterocycles. The van der Waals surface area contributed by atoms with E-state index in [0.29, 0.717) is 0 Å². The van der Waals surface area contributed by atoms with E-state index < -0.39 is 0 Å². The zero-order valence-corrected chi connectivity index (χ0v) is 10.3. The highest BCUT2D eigenvalue weighted by Crippen LogP contribution is 2.18. The number of hydrogen-bond acceptors (Lipinski definition) is 2. The molecule has 2 rings (SSSR count). The van der Waals surface area contributed by atoms with Crippen LogP contribution >= 0.6 is 0 Å². The lowest BCUT2D eigenvalue weighted by Gasteiger charge is -2.14. The molecule has 1 unspecified atom stereocenters. The van der Waals surface area contributed by atoms with Crippen LogP contribution in [-0.2, 0) is 0 Å². The highest BCUT2D eigenvalue weighted by atomic mass is 16.1. The molecule has 88 valence electrons. The maximum atomic E-state index is 12.4. The number of nitrogens with zero attached hydrogens (tertiary/aromatic N) is 2. The first-order valence-corrected chi connectivity index (χ1v) is 5.68. The molecule has 0 spiro atoms. The Kier molecular flexibility index (Phi) is 3.09. The highest BCUT2D eigenvalue weighted by Gasteiger charge is 2.18. The molecule has 0 saturated heterocycles. The summed E-state index contributed by atoms with van der Waals surface area (Å²) in [6.07, 6.45) is 5.17. The predicted octanol–water partition coefficient (Wildman–Crippen LogP) is 2.94. The van der Waals surface area contributed by atoms with Gasteiger partial charge in [0.15, 0.2) is 5.78 Å². The minimum Gasteiger partial charge on any atom is -0.327 e. The van der Waals surface area contributed by atoms with Crippen LogP contribution in [-0.4, -0.2) is 15.3 Å². The molecule has 17 heavy (non-hydrogen) atoms. The van der Waals surface area contributed by atoms with E-state index in [0.717, 1.165) is 16.7 Å². The number of carbonyl (C=O) groups excluding carboxylic acids is 1. The molecule has 0 fully saturated rings. The van der Waals surface area contributed by atoms with Gasteiger partial charge in [0.05, 0.1) is 12.4 Å². The Morgan fingerprint density at radius 2 is 2.12 bits per heavy atom. The number of ketones is 1. The Balaban J connectivity index is 2.34. The van der Waals surface area contributed by atoms with E-state index in [1.165, 1.54) is 0 Å². The van der Waals surface area contributed by atoms with Crippen molar-refractivity contribution in [1.82, 2.24) is 9.55 Å². The van der Waals surface area contributed by atoms with Crippen LogP contribution in [0.2, 0.25) is 0 Å². The van der Waals surface area contributed by atoms with Crippen molar-refractivity contribution in [2.45, 2.75) is 26.8 Å². The van der Waals surface area contributed by atoms with Gasteiger partial charge in [0.25, 0.3) is 0 Å². The van der Waals surface area contributed by atoms with E-state index in [-0.39, 0.29) is 11.8 Å². The third-order valence-corrected chi connectivity index (χ3v) is 3.01. The Morgan fingerprint density at radius 1 is 1.35 bits per heavy atom. The van der Waals surface area contributed by atoms with Gasteiger partial charge in [-0.3, -0.25) is 4.79 Å². The van der Waals surface area contributed by atoms with Gasteiger partial charge in [-0.2, -0.15) is 0 Å². The van der Waals surface area contributed by atoms with Crippen molar-refractivity contribution in [2.24, 2.45) is 0 Å². The van der Waals surface area contributed by atoms with Crippen LogP contribution in [0.4, 0.5) is 0 Å². The maximum Gasteiger partial charge on any atom is 0.185 e. The molecule has 1 atom stereocenters. The zero-order valence-electron chi connectivity index (χ0n) is 10.3. The lowest BCUT2D eigenvalue weighted by molar-refractivity contribution is 0.0934. The fourth-order valence-electron chi connectivity index (χ4n) is 1.86. The fraction of sp³-hybridized carbons (Fsp3) is 0.286. The van der Waals surface area contributed by atoms with E-state index >= 15 is 0 Å². The first-order valence-electron chi connectivity index (χ1n) is 5.68. The second-order valence-corrected chi connectivity index (χ2v) is 4.37. The van der Waals surface area contributed by atoms with Crippen LogP contribution in [0, 0.1) is 13.8 Å². The molecule has 2 aromatic rings. The van der Waals surface area contributed by atoms with Gasteiger partial charge in [0.1, 0.15) is 0 Å². The van der Waals surface area contributed by atoms with Crippen molar-refractivity contribution in [1.29, 1.82) is 0 Å². The zero-order chi connectivity index (χ0) is 12.4. The van der Waals surface area contributed by atoms with Crippen LogP contribution in [0.1, 0.15) is 34.5 Å². The molecule has 1 aromatic heterocycles. The standard InChI is InChI=1S/C14H16N2O/c1-10-4-5-11(2)13(8-10)14(17)12(3)16-7-6-15-9-16/h4-9,12H,1-3H3. The molecule has 1 heterocycles. The monoisotopic (exact) mass is 228 g/mol. The average Bonchev–Trinajstić information content (AvgIpc) is 2.84. The molecule has 0 bridgehead atoms. The predicted molar refractivity (Wildman–Crippen MR) is 67.2 cm³/mol. The molecule has 3 heteroatoms. The second kappa shape index (κ2) is 4.53. The number of imidazole rings is 1. The fourth-order valence-corrected chi connectivity index (χ4v) is 1.86. The van der Waals surface area contributed by atoms with Crippen LogP contribution in [0.5, 0.6) is 0 Å². The largest absolute Gasteiger partial charge is 0.327 e. The molecule has 0 aliphatic rings. The Bertz CT molecular complexity index is 529. The highest BCUT2D eigenvalue weighted by molar-refractivity contribution is 6.00. The van der Waals surface area contributed by atoms with Crippen LogP contribution < -0.4 is 0 Å². The third-order valence-electron chi connectivity index (χ3n) is 3.01. The number of rotatable bonds is 3. The lowest BCUT2D eigenvalue weighted by Crippen LogP contribution is -2.16. The Morgan fingerprint density at radius 3 is 2.76 bits per heavy atom. The number of benzene rings is 1. The van der Waals surface area contributed by atoms with Crippen LogP contribution in [0.3, 0.4) is 0 Å². The van der Waals surface area contributed by atoms with Gasteiger partial charge >= 0.3 is 0 Å². The van der Waals surface area contributed by atoms with Crippen molar-refractivity contribution < 1.29 is 4.79 Å². The number of carbonyl (C=O) groups is 1. The maximum absolute atomic E-state index is 12.4. The van der Waals surface area contributed by atoms with Crippen molar-refractivity contribution in [3.05, 3.63) is 53.6 Å². The molecular formula is C14H16N2O. The van der Waals surface area contributed by atoms with E-state index in [4.69, 9.17) is 0 Å². The number of aryl methyl sites for hydroxylation is 2. The summed E-state index contributed by atoms with van der Waals surface area (Å²) in [5.41, 5.74) is 2.93. The van der Waals surface area contributed by atoms with Crippen LogP contribution in [0.25, 0.3) is 0 Å². The normalized spacial score (nSPS) is 12.4. The summed E-state index contributed by atoms with van der Waals surface area (Å²) in [4.78, 5) is 16.3. The van der Waals surface area contributed by atoms with Gasteiger partial charge in [-0.25, -0.2) is 4.98 Å². The Hall–Kier alpha value is -1.90. The molecule has 0 N–H and O–H groups in total. The minimum absolute atomic E-state index is 0.129. The Labute approximate surface area is 101 Å². The summed E-state index contributed by atoms with van der Waals surface area (Å²) in [5.74, 6) is 0.129. The first-order chi connectivity index (χ1) is 8.09. The van der Waals surface area contributed by atoms with Crippen molar-refractivity contribution in [3.8, 4) is 0 Å². The summed E-state index contributed by atoms with van der Waals surface area (Å²) in [7, 11) is 0. The molecule has 0 radical (unpaired) electrons. The summed E-state index contributed by atoms with van der Waals surface area (Å²) >= 11 is 0. The molecule has 0 aliphatic carbocycles. The van der Waals surface area contributed by atoms with Gasteiger partial charge < -0.3 is 4.57 Å². The van der Waals surface area contributed by atoms with Crippen molar-refractivity contribution in [3.63, 3.8) is 0 Å². The minimum atomic E-state index is -0.210. The van der Waals surface area contributed by atoms with E-state index in [9.17, 15) is 4.79 Å². The van der Waals surface area contributed by atoms with Gasteiger partial charge in [0.2, 0.25) is 0 Å². The van der Waals surface area contributed by atoms with Gasteiger partial charge in [-0.15, -0.1) is 0 Å². The van der Waals surface area contributed by atoms with Gasteiger partial charge in [-0.1, -0.05) is 17.7 Å². The van der Waals surface area contributed by atoms with Crippen molar-refractivity contribution >= 4 is 5.78 Å². The summed E-state index contributed by atoms with van der Waals surface area (Å²) in [6, 6.07) is 5.75. The van der Waals surface area contributed by atoms with Crippen LogP contribution in [0.15, 0.2) is 36.9 Å². The lowest BCUT2D eigenvalue weighted by atomic mass is 9.98. The third kappa shape index (κ3) is 2.28. The number of Topliss-reactive ketones (excluding diaryl/α,β-unsaturated/α-hetero) is 1. The summed E-state index contributed by atoms with van der Waals surface area (Å²) in [5, 5.41) is 0. The van der Waals surface area contributed by atoms with Gasteiger partial charge in [0, 0.05) is 18.0 Å². The van der Waals surface area contributed by atoms with Gasteiger partial charge in [-0.05, 0) is 32.4 Å². The van der Waals surface area contributed by atoms with Crippen molar-refractivity contribution in [2.75, 3.05) is 0 Å². The smallest absolute Gasteiger partial charge is 0.185 e. The number of hydrogen-bond donors (Lipinski definition) is 0. The van der Waals surface area contributed by atoms with E-state index in [1.54, 1.807) is 12.5 Å². The van der Waals surface area contributed by atoms with E-state index in [1.807, 2.05) is 49.7 Å². The summed E-state index contributed by atoms with van der Waals surface area (Å²) in [6.45, 7) is 5.86. The topological polar surface area (TPSA) is 34.9 Å². The molecule has 1 aromatic carbocycles. The molecule has 3 nitrogen and oxygen atoms in total.